The molecule has 5 rings (SSSR count). The Morgan fingerprint density at radius 3 is 2.76 bits per heavy atom. The van der Waals surface area contributed by atoms with Gasteiger partial charge in [-0.05, 0) is 50.8 Å². The maximum Gasteiger partial charge on any atom is 0.255 e. The lowest BCUT2D eigenvalue weighted by Gasteiger charge is -2.18. The number of aliphatic hydroxyl groups excluding tert-OH is 2. The molecule has 1 aliphatic heterocycles. The van der Waals surface area contributed by atoms with Crippen molar-refractivity contribution in [2.45, 2.75) is 44.9 Å². The van der Waals surface area contributed by atoms with Crippen LogP contribution in [0.25, 0.3) is 22.3 Å². The van der Waals surface area contributed by atoms with Crippen molar-refractivity contribution in [3.8, 4) is 22.8 Å². The predicted octanol–water partition coefficient (Wildman–Crippen LogP) is 1.41. The maximum absolute atomic E-state index is 13.4. The van der Waals surface area contributed by atoms with Gasteiger partial charge in [-0.1, -0.05) is 0 Å². The summed E-state index contributed by atoms with van der Waals surface area (Å²) in [6.07, 6.45) is 1.60. The van der Waals surface area contributed by atoms with Gasteiger partial charge in [-0.15, -0.1) is 0 Å². The first-order valence-electron chi connectivity index (χ1n) is 12.4. The summed E-state index contributed by atoms with van der Waals surface area (Å²) in [5.41, 5.74) is 3.22. The minimum atomic E-state index is -1.18. The molecular formula is C26H31N5O6. The lowest BCUT2D eigenvalue weighted by atomic mass is 10.1. The molecule has 1 saturated carbocycles. The van der Waals surface area contributed by atoms with Gasteiger partial charge in [-0.2, -0.15) is 0 Å². The number of H-pyrrole nitrogens is 1. The number of rotatable bonds is 8. The maximum atomic E-state index is 13.4. The second-order valence-corrected chi connectivity index (χ2v) is 9.75. The van der Waals surface area contributed by atoms with Crippen molar-refractivity contribution >= 4 is 22.8 Å². The zero-order valence-corrected chi connectivity index (χ0v) is 21.0. The molecule has 2 aromatic heterocycles. The molecule has 196 valence electrons. The molecule has 37 heavy (non-hydrogen) atoms. The van der Waals surface area contributed by atoms with Gasteiger partial charge in [0.05, 0.1) is 36.9 Å². The minimum Gasteiger partial charge on any atom is -0.497 e. The van der Waals surface area contributed by atoms with Crippen molar-refractivity contribution in [3.63, 3.8) is 0 Å². The zero-order valence-electron chi connectivity index (χ0n) is 21.0. The third-order valence-electron chi connectivity index (χ3n) is 6.89. The van der Waals surface area contributed by atoms with Crippen molar-refractivity contribution in [2.75, 3.05) is 26.8 Å². The van der Waals surface area contributed by atoms with Crippen LogP contribution >= 0.6 is 0 Å². The van der Waals surface area contributed by atoms with Crippen molar-refractivity contribution in [1.82, 2.24) is 25.2 Å². The lowest BCUT2D eigenvalue weighted by molar-refractivity contribution is -0.138. The van der Waals surface area contributed by atoms with E-state index >= 15 is 0 Å². The number of carbonyl (C=O) groups is 2. The molecule has 3 atom stereocenters. The largest absolute Gasteiger partial charge is 0.497 e. The summed E-state index contributed by atoms with van der Waals surface area (Å²) in [7, 11) is 1.59. The summed E-state index contributed by atoms with van der Waals surface area (Å²) in [5, 5.41) is 22.8. The molecule has 3 heterocycles. The van der Waals surface area contributed by atoms with Crippen LogP contribution in [0.4, 0.5) is 0 Å². The van der Waals surface area contributed by atoms with E-state index in [1.165, 1.54) is 18.2 Å². The Morgan fingerprint density at radius 2 is 2.05 bits per heavy atom. The first-order valence-corrected chi connectivity index (χ1v) is 12.4. The number of aryl methyl sites for hydroxylation is 1. The second kappa shape index (κ2) is 9.98. The topological polar surface area (TPSA) is 150 Å². The van der Waals surface area contributed by atoms with Crippen molar-refractivity contribution in [3.05, 3.63) is 35.8 Å². The SMILES string of the molecule is COc1ccc(OCC2CC2)c(-c2ncnc3c(C(=O)NC4CN(C(=O)[C@H](C)O)CC4O)c(C)[nH]c23)c1. The van der Waals surface area contributed by atoms with E-state index in [2.05, 4.69) is 20.3 Å². The van der Waals surface area contributed by atoms with Gasteiger partial charge in [0.25, 0.3) is 11.8 Å². The van der Waals surface area contributed by atoms with E-state index < -0.39 is 30.1 Å². The van der Waals surface area contributed by atoms with E-state index in [9.17, 15) is 19.8 Å². The summed E-state index contributed by atoms with van der Waals surface area (Å²) < 4.78 is 11.5. The number of nitrogens with one attached hydrogen (secondary N) is 2. The first-order chi connectivity index (χ1) is 17.8. The number of fused-ring (bicyclic) bond motifs is 1. The van der Waals surface area contributed by atoms with Crippen molar-refractivity contribution < 1.29 is 29.3 Å². The monoisotopic (exact) mass is 509 g/mol. The fraction of sp³-hybridized carbons (Fsp3) is 0.462. The smallest absolute Gasteiger partial charge is 0.255 e. The molecular weight excluding hydrogens is 478 g/mol. The third-order valence-corrected chi connectivity index (χ3v) is 6.89. The van der Waals surface area contributed by atoms with Gasteiger partial charge in [0, 0.05) is 24.3 Å². The number of ether oxygens (including phenoxy) is 2. The van der Waals surface area contributed by atoms with Gasteiger partial charge in [0.1, 0.15) is 35.1 Å². The highest BCUT2D eigenvalue weighted by molar-refractivity contribution is 6.09. The molecule has 0 bridgehead atoms. The van der Waals surface area contributed by atoms with E-state index in [-0.39, 0.29) is 13.1 Å². The standard InChI is InChI=1S/C26H31N5O6/c1-13-21(25(34)30-18-9-31(10-19(18)33)26(35)14(2)32)23-24(29-13)22(27-12-28-23)17-8-16(36-3)6-7-20(17)37-11-15-4-5-15/h6-8,12,14-15,18-19,29,32-33H,4-5,9-11H2,1-3H3,(H,30,34)/t14-,18?,19?/m0/s1. The molecule has 0 spiro atoms. The number of methoxy groups -OCH3 is 1. The number of β-amino-alcohol motifs (C(OH)–C–C–N with tert-alkyl or cyclic N) is 1. The highest BCUT2D eigenvalue weighted by Gasteiger charge is 2.37. The summed E-state index contributed by atoms with van der Waals surface area (Å²) in [6.45, 7) is 3.91. The van der Waals surface area contributed by atoms with E-state index in [0.717, 1.165) is 18.4 Å². The molecule has 2 unspecified atom stereocenters. The zero-order chi connectivity index (χ0) is 26.3. The number of aliphatic hydroxyl groups is 2. The predicted molar refractivity (Wildman–Crippen MR) is 134 cm³/mol. The van der Waals surface area contributed by atoms with Gasteiger partial charge in [0.15, 0.2) is 0 Å². The highest BCUT2D eigenvalue weighted by Crippen LogP contribution is 2.38. The molecule has 11 heteroatoms. The van der Waals surface area contributed by atoms with Crippen molar-refractivity contribution in [2.24, 2.45) is 5.92 Å². The molecule has 0 radical (unpaired) electrons. The number of likely N-dealkylation sites (tertiary alicyclic amines) is 1. The number of hydrogen-bond donors (Lipinski definition) is 4. The highest BCUT2D eigenvalue weighted by atomic mass is 16.5. The van der Waals surface area contributed by atoms with Crippen LogP contribution in [0, 0.1) is 12.8 Å². The van der Waals surface area contributed by atoms with Gasteiger partial charge in [0.2, 0.25) is 0 Å². The van der Waals surface area contributed by atoms with Gasteiger partial charge in [-0.25, -0.2) is 9.97 Å². The number of hydrogen-bond acceptors (Lipinski definition) is 8. The van der Waals surface area contributed by atoms with E-state index in [1.54, 1.807) is 14.0 Å². The molecule has 3 aromatic rings. The molecule has 2 aliphatic rings. The summed E-state index contributed by atoms with van der Waals surface area (Å²) in [4.78, 5) is 39.0. The molecule has 2 fully saturated rings. The van der Waals surface area contributed by atoms with Crippen LogP contribution < -0.4 is 14.8 Å². The molecule has 1 aliphatic carbocycles. The summed E-state index contributed by atoms with van der Waals surface area (Å²) in [5.74, 6) is 0.964. The average Bonchev–Trinajstić information content (AvgIpc) is 3.55. The number of carbonyl (C=O) groups excluding carboxylic acids is 2. The normalized spacial score (nSPS) is 20.2. The van der Waals surface area contributed by atoms with Crippen LogP contribution in [-0.4, -0.2) is 86.9 Å². The number of aromatic amines is 1. The van der Waals surface area contributed by atoms with Gasteiger partial charge in [-0.3, -0.25) is 9.59 Å². The van der Waals surface area contributed by atoms with Gasteiger partial charge < -0.3 is 34.9 Å². The fourth-order valence-electron chi connectivity index (χ4n) is 4.66. The number of nitrogens with zero attached hydrogens (tertiary/aromatic N) is 3. The minimum absolute atomic E-state index is 0.0351. The Morgan fingerprint density at radius 1 is 1.27 bits per heavy atom. The van der Waals surface area contributed by atoms with Crippen LogP contribution in [0.15, 0.2) is 24.5 Å². The molecule has 1 saturated heterocycles. The van der Waals surface area contributed by atoms with Crippen molar-refractivity contribution in [1.29, 1.82) is 0 Å². The quantitative estimate of drug-likeness (QED) is 0.356. The average molecular weight is 510 g/mol. The van der Waals surface area contributed by atoms with Crippen LogP contribution in [0.1, 0.15) is 35.8 Å². The Bertz CT molecular complexity index is 1330. The Kier molecular flexibility index (Phi) is 6.74. The van der Waals surface area contributed by atoms with Crippen LogP contribution in [0.2, 0.25) is 0 Å². The summed E-state index contributed by atoms with van der Waals surface area (Å²) >= 11 is 0. The first kappa shape index (κ1) is 25.0. The number of benzene rings is 1. The Hall–Kier alpha value is -3.70. The fourth-order valence-corrected chi connectivity index (χ4v) is 4.66. The Balaban J connectivity index is 1.45. The molecule has 2 amide bonds. The second-order valence-electron chi connectivity index (χ2n) is 9.75. The third kappa shape index (κ3) is 4.96. The number of aromatic nitrogens is 3. The van der Waals surface area contributed by atoms with Crippen LogP contribution in [0.5, 0.6) is 11.5 Å². The van der Waals surface area contributed by atoms with E-state index in [4.69, 9.17) is 9.47 Å². The van der Waals surface area contributed by atoms with Crippen LogP contribution in [-0.2, 0) is 4.79 Å². The van der Waals surface area contributed by atoms with E-state index in [1.807, 2.05) is 18.2 Å². The lowest BCUT2D eigenvalue weighted by Crippen LogP contribution is -2.43. The molecule has 1 aromatic carbocycles. The van der Waals surface area contributed by atoms with E-state index in [0.29, 0.717) is 52.0 Å². The molecule has 4 N–H and O–H groups in total. The number of amides is 2. The molecule has 11 nitrogen and oxygen atoms in total. The van der Waals surface area contributed by atoms with Crippen LogP contribution in [0.3, 0.4) is 0 Å². The van der Waals surface area contributed by atoms with Gasteiger partial charge >= 0.3 is 0 Å². The Labute approximate surface area is 213 Å². The summed E-state index contributed by atoms with van der Waals surface area (Å²) in [6, 6.07) is 4.86.